The van der Waals surface area contributed by atoms with Crippen molar-refractivity contribution < 1.29 is 4.74 Å². The Labute approximate surface area is 126 Å². The molecule has 21 heavy (non-hydrogen) atoms. The Morgan fingerprint density at radius 1 is 1.14 bits per heavy atom. The Kier molecular flexibility index (Phi) is 5.72. The third-order valence-electron chi connectivity index (χ3n) is 3.33. The van der Waals surface area contributed by atoms with E-state index in [9.17, 15) is 0 Å². The molecule has 4 nitrogen and oxygen atoms in total. The first-order valence-electron chi connectivity index (χ1n) is 7.25. The van der Waals surface area contributed by atoms with Crippen molar-refractivity contribution in [1.82, 2.24) is 9.88 Å². The summed E-state index contributed by atoms with van der Waals surface area (Å²) in [5, 5.41) is 0. The molecule has 0 aliphatic rings. The van der Waals surface area contributed by atoms with Crippen molar-refractivity contribution in [3.8, 4) is 5.75 Å². The molecule has 2 aromatic rings. The molecule has 1 aromatic carbocycles. The lowest BCUT2D eigenvalue weighted by Gasteiger charge is -2.21. The summed E-state index contributed by atoms with van der Waals surface area (Å²) in [4.78, 5) is 6.25. The zero-order valence-electron chi connectivity index (χ0n) is 12.7. The highest BCUT2D eigenvalue weighted by Crippen LogP contribution is 2.17. The topological polar surface area (TPSA) is 51.4 Å². The minimum absolute atomic E-state index is 0.00693. The molecule has 0 aliphatic heterocycles. The molecule has 0 bridgehead atoms. The molecule has 1 unspecified atom stereocenters. The Bertz CT molecular complexity index is 527. The van der Waals surface area contributed by atoms with E-state index in [1.165, 1.54) is 5.56 Å². The third-order valence-corrected chi connectivity index (χ3v) is 3.33. The summed E-state index contributed by atoms with van der Waals surface area (Å²) >= 11 is 0. The summed E-state index contributed by atoms with van der Waals surface area (Å²) in [7, 11) is 2.08. The van der Waals surface area contributed by atoms with Crippen LogP contribution in [0.5, 0.6) is 5.75 Å². The number of nitrogens with zero attached hydrogens (tertiary/aromatic N) is 2. The van der Waals surface area contributed by atoms with E-state index in [1.54, 1.807) is 0 Å². The largest absolute Gasteiger partial charge is 0.494 e. The summed E-state index contributed by atoms with van der Waals surface area (Å²) in [5.74, 6) is 0.888. The van der Waals surface area contributed by atoms with E-state index in [0.29, 0.717) is 6.61 Å². The van der Waals surface area contributed by atoms with Gasteiger partial charge in [-0.25, -0.2) is 0 Å². The predicted molar refractivity (Wildman–Crippen MR) is 85.1 cm³/mol. The number of hydrogen-bond donors (Lipinski definition) is 1. The second-order valence-electron chi connectivity index (χ2n) is 5.16. The molecule has 0 spiro atoms. The number of hydrogen-bond acceptors (Lipinski definition) is 4. The Morgan fingerprint density at radius 2 is 1.81 bits per heavy atom. The van der Waals surface area contributed by atoms with E-state index in [2.05, 4.69) is 16.9 Å². The van der Waals surface area contributed by atoms with Crippen LogP contribution in [-0.2, 0) is 6.54 Å². The lowest BCUT2D eigenvalue weighted by Crippen LogP contribution is -2.28. The molecule has 2 N–H and O–H groups in total. The lowest BCUT2D eigenvalue weighted by atomic mass is 10.1. The van der Waals surface area contributed by atoms with Crippen molar-refractivity contribution in [1.29, 1.82) is 0 Å². The fraction of sp³-hybridized carbons (Fsp3) is 0.353. The van der Waals surface area contributed by atoms with Gasteiger partial charge in [-0.1, -0.05) is 12.1 Å². The van der Waals surface area contributed by atoms with E-state index in [-0.39, 0.29) is 6.04 Å². The Morgan fingerprint density at radius 3 is 2.43 bits per heavy atom. The molecule has 112 valence electrons. The van der Waals surface area contributed by atoms with Gasteiger partial charge < -0.3 is 15.4 Å². The van der Waals surface area contributed by atoms with Crippen LogP contribution in [0.15, 0.2) is 48.8 Å². The van der Waals surface area contributed by atoms with Gasteiger partial charge in [0.2, 0.25) is 0 Å². The zero-order chi connectivity index (χ0) is 15.1. The first-order valence-corrected chi connectivity index (χ1v) is 7.25. The molecule has 0 saturated carbocycles. The van der Waals surface area contributed by atoms with E-state index in [4.69, 9.17) is 10.5 Å². The average Bonchev–Trinajstić information content (AvgIpc) is 2.49. The molecule has 1 atom stereocenters. The molecule has 4 heteroatoms. The van der Waals surface area contributed by atoms with Gasteiger partial charge in [0.1, 0.15) is 5.75 Å². The summed E-state index contributed by atoms with van der Waals surface area (Å²) < 4.78 is 5.44. The second-order valence-corrected chi connectivity index (χ2v) is 5.16. The highest BCUT2D eigenvalue weighted by molar-refractivity contribution is 5.29. The second kappa shape index (κ2) is 7.76. The number of nitrogens with two attached hydrogens (primary N) is 1. The normalized spacial score (nSPS) is 12.4. The molecule has 0 saturated heterocycles. The number of likely N-dealkylation sites (N-methyl/N-ethyl adjacent to an activating group) is 1. The van der Waals surface area contributed by atoms with Crippen LogP contribution in [0.3, 0.4) is 0 Å². The molecular formula is C17H23N3O. The van der Waals surface area contributed by atoms with Gasteiger partial charge in [0, 0.05) is 31.5 Å². The molecule has 1 aromatic heterocycles. The zero-order valence-corrected chi connectivity index (χ0v) is 12.7. The molecule has 0 amide bonds. The molecule has 0 radical (unpaired) electrons. The predicted octanol–water partition coefficient (Wildman–Crippen LogP) is 2.61. The number of benzene rings is 1. The number of pyridine rings is 1. The standard InChI is InChI=1S/C17H23N3O/c1-3-21-16-6-4-15(5-7-16)17(18)13-20(2)12-14-8-10-19-11-9-14/h4-11,17H,3,12-13,18H2,1-2H3. The van der Waals surface area contributed by atoms with Gasteiger partial charge in [-0.05, 0) is 49.4 Å². The van der Waals surface area contributed by atoms with Crippen LogP contribution in [-0.4, -0.2) is 30.1 Å². The van der Waals surface area contributed by atoms with Crippen molar-refractivity contribution in [3.63, 3.8) is 0 Å². The van der Waals surface area contributed by atoms with Crippen LogP contribution in [0.25, 0.3) is 0 Å². The van der Waals surface area contributed by atoms with Gasteiger partial charge in [0.15, 0.2) is 0 Å². The third kappa shape index (κ3) is 4.85. The minimum atomic E-state index is -0.00693. The van der Waals surface area contributed by atoms with Gasteiger partial charge in [-0.2, -0.15) is 0 Å². The number of rotatable bonds is 7. The van der Waals surface area contributed by atoms with Gasteiger partial charge in [0.25, 0.3) is 0 Å². The molecule has 2 rings (SSSR count). The van der Waals surface area contributed by atoms with Crippen molar-refractivity contribution in [2.75, 3.05) is 20.2 Å². The van der Waals surface area contributed by atoms with Crippen LogP contribution >= 0.6 is 0 Å². The van der Waals surface area contributed by atoms with Crippen molar-refractivity contribution >= 4 is 0 Å². The maximum atomic E-state index is 6.28. The Balaban J connectivity index is 1.89. The van der Waals surface area contributed by atoms with E-state index in [1.807, 2.05) is 55.7 Å². The quantitative estimate of drug-likeness (QED) is 0.849. The SMILES string of the molecule is CCOc1ccc(C(N)CN(C)Cc2ccncc2)cc1. The Hall–Kier alpha value is -1.91. The minimum Gasteiger partial charge on any atom is -0.494 e. The van der Waals surface area contributed by atoms with Gasteiger partial charge in [-0.15, -0.1) is 0 Å². The van der Waals surface area contributed by atoms with E-state index < -0.39 is 0 Å². The van der Waals surface area contributed by atoms with Crippen molar-refractivity contribution in [2.24, 2.45) is 5.73 Å². The van der Waals surface area contributed by atoms with Crippen LogP contribution < -0.4 is 10.5 Å². The molecule has 0 fully saturated rings. The lowest BCUT2D eigenvalue weighted by molar-refractivity contribution is 0.305. The van der Waals surface area contributed by atoms with Crippen molar-refractivity contribution in [2.45, 2.75) is 19.5 Å². The van der Waals surface area contributed by atoms with Crippen LogP contribution in [0, 0.1) is 0 Å². The van der Waals surface area contributed by atoms with Crippen LogP contribution in [0.1, 0.15) is 24.1 Å². The maximum Gasteiger partial charge on any atom is 0.119 e. The van der Waals surface area contributed by atoms with Gasteiger partial charge in [0.05, 0.1) is 6.61 Å². The highest BCUT2D eigenvalue weighted by atomic mass is 16.5. The average molecular weight is 285 g/mol. The smallest absolute Gasteiger partial charge is 0.119 e. The summed E-state index contributed by atoms with van der Waals surface area (Å²) in [6, 6.07) is 12.1. The summed E-state index contributed by atoms with van der Waals surface area (Å²) in [6.45, 7) is 4.33. The number of ether oxygens (including phenoxy) is 1. The molecule has 1 heterocycles. The van der Waals surface area contributed by atoms with Crippen molar-refractivity contribution in [3.05, 3.63) is 59.9 Å². The van der Waals surface area contributed by atoms with E-state index in [0.717, 1.165) is 24.4 Å². The fourth-order valence-corrected chi connectivity index (χ4v) is 2.28. The first kappa shape index (κ1) is 15.5. The fourth-order valence-electron chi connectivity index (χ4n) is 2.28. The van der Waals surface area contributed by atoms with E-state index >= 15 is 0 Å². The highest BCUT2D eigenvalue weighted by Gasteiger charge is 2.10. The maximum absolute atomic E-state index is 6.28. The summed E-state index contributed by atoms with van der Waals surface area (Å²) in [6.07, 6.45) is 3.63. The molecular weight excluding hydrogens is 262 g/mol. The van der Waals surface area contributed by atoms with Crippen LogP contribution in [0.2, 0.25) is 0 Å². The molecule has 0 aliphatic carbocycles. The first-order chi connectivity index (χ1) is 10.2. The number of aromatic nitrogens is 1. The van der Waals surface area contributed by atoms with Gasteiger partial charge >= 0.3 is 0 Å². The van der Waals surface area contributed by atoms with Gasteiger partial charge in [-0.3, -0.25) is 4.98 Å². The van der Waals surface area contributed by atoms with Crippen LogP contribution in [0.4, 0.5) is 0 Å². The monoisotopic (exact) mass is 285 g/mol. The summed E-state index contributed by atoms with van der Waals surface area (Å²) in [5.41, 5.74) is 8.65.